The van der Waals surface area contributed by atoms with Gasteiger partial charge in [-0.15, -0.1) is 0 Å². The largest absolute Gasteiger partial charge is 0.455 e. The average Bonchev–Trinajstić information content (AvgIpc) is 3.65. The SMILES string of the molecule is c1ccc(-c2nc(-c3ccccc3)nc(-n3c4cccc5c4c4c6c(c(-c7ccccc7)oc6ccc43)-c3ccccc3-5)n2)cc1. The van der Waals surface area contributed by atoms with Crippen LogP contribution < -0.4 is 0 Å². The van der Waals surface area contributed by atoms with Gasteiger partial charge in [-0.3, -0.25) is 4.57 Å². The lowest BCUT2D eigenvalue weighted by atomic mass is 9.93. The maximum atomic E-state index is 6.74. The van der Waals surface area contributed by atoms with Crippen LogP contribution in [0.5, 0.6) is 0 Å². The zero-order valence-corrected chi connectivity index (χ0v) is 24.6. The zero-order chi connectivity index (χ0) is 30.2. The highest BCUT2D eigenvalue weighted by atomic mass is 16.3. The highest BCUT2D eigenvalue weighted by molar-refractivity contribution is 6.31. The monoisotopic (exact) mass is 588 g/mol. The Kier molecular flexibility index (Phi) is 5.22. The van der Waals surface area contributed by atoms with Gasteiger partial charge in [0.15, 0.2) is 11.6 Å². The van der Waals surface area contributed by atoms with Crippen LogP contribution in [0.3, 0.4) is 0 Å². The highest BCUT2D eigenvalue weighted by Crippen LogP contribution is 2.53. The van der Waals surface area contributed by atoms with E-state index in [4.69, 9.17) is 19.4 Å². The molecule has 0 fully saturated rings. The molecule has 0 saturated heterocycles. The van der Waals surface area contributed by atoms with E-state index in [2.05, 4.69) is 83.4 Å². The van der Waals surface area contributed by atoms with Crippen molar-refractivity contribution >= 4 is 32.8 Å². The molecule has 0 N–H and O–H groups in total. The first-order valence-corrected chi connectivity index (χ1v) is 15.4. The average molecular weight is 589 g/mol. The molecule has 5 heteroatoms. The molecule has 6 aromatic carbocycles. The molecule has 46 heavy (non-hydrogen) atoms. The maximum Gasteiger partial charge on any atom is 0.238 e. The lowest BCUT2D eigenvalue weighted by Crippen LogP contribution is -2.06. The summed E-state index contributed by atoms with van der Waals surface area (Å²) in [5.74, 6) is 2.71. The highest BCUT2D eigenvalue weighted by Gasteiger charge is 2.30. The maximum absolute atomic E-state index is 6.74. The van der Waals surface area contributed by atoms with Gasteiger partial charge in [-0.05, 0) is 34.9 Å². The molecule has 0 bridgehead atoms. The van der Waals surface area contributed by atoms with Gasteiger partial charge in [-0.1, -0.05) is 127 Å². The lowest BCUT2D eigenvalue weighted by Gasteiger charge is -2.13. The number of aromatic nitrogens is 4. The Labute approximate surface area is 264 Å². The van der Waals surface area contributed by atoms with E-state index in [1.807, 2.05) is 66.7 Å². The molecule has 0 unspecified atom stereocenters. The Morgan fingerprint density at radius 1 is 0.413 bits per heavy atom. The molecular weight excluding hydrogens is 564 g/mol. The first-order chi connectivity index (χ1) is 22.8. The van der Waals surface area contributed by atoms with E-state index in [1.54, 1.807) is 0 Å². The van der Waals surface area contributed by atoms with Gasteiger partial charge >= 0.3 is 0 Å². The summed E-state index contributed by atoms with van der Waals surface area (Å²) in [5, 5.41) is 3.42. The summed E-state index contributed by atoms with van der Waals surface area (Å²) in [6.45, 7) is 0. The van der Waals surface area contributed by atoms with Crippen molar-refractivity contribution in [2.24, 2.45) is 0 Å². The summed E-state index contributed by atoms with van der Waals surface area (Å²) in [7, 11) is 0. The predicted molar refractivity (Wildman–Crippen MR) is 185 cm³/mol. The molecule has 5 nitrogen and oxygen atoms in total. The molecule has 10 rings (SSSR count). The third kappa shape index (κ3) is 3.54. The summed E-state index contributed by atoms with van der Waals surface area (Å²) in [4.78, 5) is 15.2. The second kappa shape index (κ2) is 9.58. The van der Waals surface area contributed by atoms with Gasteiger partial charge in [0.2, 0.25) is 5.95 Å². The quantitative estimate of drug-likeness (QED) is 0.205. The molecule has 0 radical (unpaired) electrons. The van der Waals surface area contributed by atoms with Crippen LogP contribution in [0.25, 0.3) is 95.1 Å². The van der Waals surface area contributed by atoms with Crippen LogP contribution in [0.1, 0.15) is 0 Å². The minimum Gasteiger partial charge on any atom is -0.455 e. The topological polar surface area (TPSA) is 56.7 Å². The molecule has 0 aliphatic heterocycles. The fourth-order valence-electron chi connectivity index (χ4n) is 7.06. The van der Waals surface area contributed by atoms with Crippen molar-refractivity contribution in [3.8, 4) is 62.3 Å². The molecule has 1 aliphatic carbocycles. The van der Waals surface area contributed by atoms with Crippen LogP contribution in [0.4, 0.5) is 0 Å². The summed E-state index contributed by atoms with van der Waals surface area (Å²) in [6.07, 6.45) is 0. The molecule has 3 heterocycles. The number of hydrogen-bond donors (Lipinski definition) is 0. The Hall–Kier alpha value is -6.33. The van der Waals surface area contributed by atoms with E-state index in [-0.39, 0.29) is 0 Å². The van der Waals surface area contributed by atoms with Crippen LogP contribution in [0.2, 0.25) is 0 Å². The lowest BCUT2D eigenvalue weighted by molar-refractivity contribution is 0.632. The number of rotatable bonds is 4. The normalized spacial score (nSPS) is 11.9. The van der Waals surface area contributed by atoms with Crippen molar-refractivity contribution < 1.29 is 4.42 Å². The van der Waals surface area contributed by atoms with Crippen LogP contribution in [-0.2, 0) is 0 Å². The van der Waals surface area contributed by atoms with E-state index >= 15 is 0 Å². The number of furan rings is 1. The first-order valence-electron chi connectivity index (χ1n) is 15.4. The first kappa shape index (κ1) is 25.0. The van der Waals surface area contributed by atoms with Crippen molar-refractivity contribution in [3.63, 3.8) is 0 Å². The number of nitrogens with zero attached hydrogens (tertiary/aromatic N) is 4. The van der Waals surface area contributed by atoms with Crippen LogP contribution >= 0.6 is 0 Å². The number of benzene rings is 6. The summed E-state index contributed by atoms with van der Waals surface area (Å²) < 4.78 is 8.93. The van der Waals surface area contributed by atoms with Gasteiger partial charge in [0, 0.05) is 38.4 Å². The van der Waals surface area contributed by atoms with Gasteiger partial charge in [0.05, 0.1) is 11.0 Å². The summed E-state index contributed by atoms with van der Waals surface area (Å²) in [5.41, 5.74) is 10.5. The van der Waals surface area contributed by atoms with Crippen molar-refractivity contribution in [2.45, 2.75) is 0 Å². The fraction of sp³-hybridized carbons (Fsp3) is 0. The van der Waals surface area contributed by atoms with Crippen molar-refractivity contribution in [1.82, 2.24) is 19.5 Å². The number of fused-ring (bicyclic) bond motifs is 3. The van der Waals surface area contributed by atoms with Gasteiger partial charge in [-0.25, -0.2) is 4.98 Å². The standard InChI is InChI=1S/C41H24N4O/c1-4-13-25(14-5-1)38-35-30-20-11-10-19-28(30)29-21-12-22-31-34(29)36-32(23-24-33(46-38)37(35)36)45(31)41-43-39(26-15-6-2-7-16-26)42-40(44-41)27-17-8-3-9-18-27/h1-24H. The molecule has 1 aliphatic rings. The third-order valence-corrected chi connectivity index (χ3v) is 9.02. The molecule has 0 spiro atoms. The molecule has 214 valence electrons. The van der Waals surface area contributed by atoms with Crippen LogP contribution in [-0.4, -0.2) is 19.5 Å². The molecule has 9 aromatic rings. The molecule has 3 aromatic heterocycles. The smallest absolute Gasteiger partial charge is 0.238 e. The van der Waals surface area contributed by atoms with Crippen molar-refractivity contribution in [2.75, 3.05) is 0 Å². The Morgan fingerprint density at radius 2 is 0.978 bits per heavy atom. The van der Waals surface area contributed by atoms with E-state index in [9.17, 15) is 0 Å². The number of hydrogen-bond acceptors (Lipinski definition) is 4. The van der Waals surface area contributed by atoms with Crippen LogP contribution in [0, 0.1) is 0 Å². The summed E-state index contributed by atoms with van der Waals surface area (Å²) in [6, 6.07) is 50.1. The van der Waals surface area contributed by atoms with Gasteiger partial charge < -0.3 is 4.42 Å². The van der Waals surface area contributed by atoms with E-state index in [0.717, 1.165) is 60.8 Å². The second-order valence-electron chi connectivity index (χ2n) is 11.6. The third-order valence-electron chi connectivity index (χ3n) is 9.02. The zero-order valence-electron chi connectivity index (χ0n) is 24.6. The Bertz CT molecular complexity index is 2560. The van der Waals surface area contributed by atoms with Gasteiger partial charge in [0.1, 0.15) is 11.3 Å². The Morgan fingerprint density at radius 3 is 1.65 bits per heavy atom. The van der Waals surface area contributed by atoms with Crippen LogP contribution in [0.15, 0.2) is 150 Å². The molecule has 0 amide bonds. The molecular formula is C41H24N4O. The van der Waals surface area contributed by atoms with E-state index in [0.29, 0.717) is 17.6 Å². The van der Waals surface area contributed by atoms with Gasteiger partial charge in [-0.2, -0.15) is 9.97 Å². The molecule has 0 atom stereocenters. The minimum absolute atomic E-state index is 0.575. The predicted octanol–water partition coefficient (Wildman–Crippen LogP) is 10.4. The van der Waals surface area contributed by atoms with Crippen molar-refractivity contribution in [1.29, 1.82) is 0 Å². The molecule has 0 saturated carbocycles. The minimum atomic E-state index is 0.575. The van der Waals surface area contributed by atoms with E-state index < -0.39 is 0 Å². The van der Waals surface area contributed by atoms with Gasteiger partial charge in [0.25, 0.3) is 0 Å². The van der Waals surface area contributed by atoms with Crippen molar-refractivity contribution in [3.05, 3.63) is 146 Å². The fourth-order valence-corrected chi connectivity index (χ4v) is 7.06. The Balaban J connectivity index is 1.36. The van der Waals surface area contributed by atoms with E-state index in [1.165, 1.54) is 16.7 Å². The summed E-state index contributed by atoms with van der Waals surface area (Å²) >= 11 is 0. The second-order valence-corrected chi connectivity index (χ2v) is 11.6.